The Morgan fingerprint density at radius 1 is 0.551 bits per heavy atom. The fourth-order valence-electron chi connectivity index (χ4n) is 10.9. The van der Waals surface area contributed by atoms with E-state index in [0.29, 0.717) is 12.0 Å². The summed E-state index contributed by atoms with van der Waals surface area (Å²) in [4.78, 5) is 5.01. The van der Waals surface area contributed by atoms with Crippen molar-refractivity contribution in [3.05, 3.63) is 266 Å². The fraction of sp³-hybridized carbons (Fsp3) is 0.0909. The highest BCUT2D eigenvalue weighted by Gasteiger charge is 2.39. The largest absolute Gasteiger partial charge is 0.455 e. The molecule has 0 spiro atoms. The van der Waals surface area contributed by atoms with Gasteiger partial charge in [-0.1, -0.05) is 200 Å². The first-order valence-electron chi connectivity index (χ1n) is 24.3. The molecule has 69 heavy (non-hydrogen) atoms. The van der Waals surface area contributed by atoms with Crippen LogP contribution >= 0.6 is 0 Å². The second kappa shape index (κ2) is 18.4. The Bertz CT molecular complexity index is 3560. The quantitative estimate of drug-likeness (QED) is 0.0953. The van der Waals surface area contributed by atoms with Crippen LogP contribution in [-0.4, -0.2) is 6.04 Å². The van der Waals surface area contributed by atoms with Crippen LogP contribution in [-0.2, 0) is 6.42 Å². The molecule has 1 aliphatic carbocycles. The minimum absolute atomic E-state index is 0.400. The minimum atomic E-state index is 0.400. The third-order valence-electron chi connectivity index (χ3n) is 14.2. The van der Waals surface area contributed by atoms with Crippen LogP contribution in [0, 0.1) is 0 Å². The smallest absolute Gasteiger partial charge is 0.143 e. The summed E-state index contributed by atoms with van der Waals surface area (Å²) in [7, 11) is 0. The number of nitrogens with zero attached hydrogens (tertiary/aromatic N) is 2. The van der Waals surface area contributed by atoms with Gasteiger partial charge in [0.1, 0.15) is 11.2 Å². The fourth-order valence-corrected chi connectivity index (χ4v) is 10.9. The first-order chi connectivity index (χ1) is 34.2. The SMILES string of the molecule is C/C=C(\C=C/Cc1ccc(-c2cccc3c2oc2ccccc23)cc1)N(c1ccc(-c2ccccc2-c2ccccc2N2c3ccccc3C3C=CCCC32)cc1)c1cccc(-c2ccccc2)c1. The summed E-state index contributed by atoms with van der Waals surface area (Å²) in [6.07, 6.45) is 14.6. The molecule has 0 saturated heterocycles. The van der Waals surface area contributed by atoms with E-state index >= 15 is 0 Å². The molecular weight excluding hydrogens is 837 g/mol. The number of hydrogen-bond acceptors (Lipinski definition) is 3. The first kappa shape index (κ1) is 42.0. The van der Waals surface area contributed by atoms with Crippen LogP contribution in [0.2, 0.25) is 0 Å². The third-order valence-corrected chi connectivity index (χ3v) is 14.2. The number of allylic oxidation sites excluding steroid dienone is 4. The summed E-state index contributed by atoms with van der Waals surface area (Å²) in [6, 6.07) is 79.6. The van der Waals surface area contributed by atoms with Crippen molar-refractivity contribution in [2.75, 3.05) is 9.80 Å². The van der Waals surface area contributed by atoms with Gasteiger partial charge in [-0.05, 0) is 119 Å². The zero-order chi connectivity index (χ0) is 46.1. The molecule has 2 unspecified atom stereocenters. The van der Waals surface area contributed by atoms with E-state index in [9.17, 15) is 0 Å². The summed E-state index contributed by atoms with van der Waals surface area (Å²) in [5, 5.41) is 2.29. The van der Waals surface area contributed by atoms with E-state index in [-0.39, 0.29) is 0 Å². The minimum Gasteiger partial charge on any atom is -0.455 e. The van der Waals surface area contributed by atoms with Gasteiger partial charge in [0.2, 0.25) is 0 Å². The standard InChI is InChI=1S/C66H52N2O/c1-2-51(23-16-19-46-37-39-49(40-38-46)55-31-18-32-61-60-30-11-15-36-65(60)69-66(55)61)67(53-24-17-22-50(45-53)47-20-4-3-5-21-47)52-43-41-48(42-44-52)54-25-6-7-26-56(54)57-27-8-12-33-62(57)68-63-34-13-9-28-58(63)59-29-10-14-35-64(59)68/h2-13,15-18,20-34,36-45,59,64H,14,19,35H2,1H3/b23-16-,51-2+. The topological polar surface area (TPSA) is 19.6 Å². The lowest BCUT2D eigenvalue weighted by Gasteiger charge is -2.33. The van der Waals surface area contributed by atoms with E-state index < -0.39 is 0 Å². The summed E-state index contributed by atoms with van der Waals surface area (Å²) < 4.78 is 6.37. The maximum Gasteiger partial charge on any atom is 0.143 e. The molecule has 0 radical (unpaired) electrons. The predicted octanol–water partition coefficient (Wildman–Crippen LogP) is 18.0. The van der Waals surface area contributed by atoms with Crippen LogP contribution in [0.1, 0.15) is 36.8 Å². The average molecular weight is 889 g/mol. The van der Waals surface area contributed by atoms with Gasteiger partial charge in [0, 0.05) is 62.3 Å². The van der Waals surface area contributed by atoms with Crippen molar-refractivity contribution in [1.82, 2.24) is 0 Å². The number of rotatable bonds is 11. The van der Waals surface area contributed by atoms with Crippen LogP contribution in [0.15, 0.2) is 259 Å². The van der Waals surface area contributed by atoms with Crippen LogP contribution in [0.4, 0.5) is 22.7 Å². The summed E-state index contributed by atoms with van der Waals surface area (Å²) in [5.41, 5.74) is 19.9. The average Bonchev–Trinajstić information content (AvgIpc) is 3.97. The van der Waals surface area contributed by atoms with Gasteiger partial charge in [-0.3, -0.25) is 0 Å². The van der Waals surface area contributed by atoms with Crippen molar-refractivity contribution in [3.8, 4) is 44.5 Å². The van der Waals surface area contributed by atoms with Crippen molar-refractivity contribution in [2.24, 2.45) is 0 Å². The molecule has 332 valence electrons. The number of fused-ring (bicyclic) bond motifs is 6. The van der Waals surface area contributed by atoms with Crippen LogP contribution < -0.4 is 9.80 Å². The number of benzene rings is 9. The zero-order valence-corrected chi connectivity index (χ0v) is 38.8. The molecule has 0 bridgehead atoms. The van der Waals surface area contributed by atoms with Gasteiger partial charge in [0.25, 0.3) is 0 Å². The van der Waals surface area contributed by atoms with Crippen molar-refractivity contribution in [3.63, 3.8) is 0 Å². The van der Waals surface area contributed by atoms with Crippen LogP contribution in [0.25, 0.3) is 66.4 Å². The second-order valence-corrected chi connectivity index (χ2v) is 18.2. The van der Waals surface area contributed by atoms with Crippen molar-refractivity contribution in [1.29, 1.82) is 0 Å². The van der Waals surface area contributed by atoms with Crippen LogP contribution in [0.3, 0.4) is 0 Å². The zero-order valence-electron chi connectivity index (χ0n) is 38.8. The molecule has 0 saturated carbocycles. The van der Waals surface area contributed by atoms with E-state index in [1.54, 1.807) is 0 Å². The van der Waals surface area contributed by atoms with Gasteiger partial charge in [-0.2, -0.15) is 0 Å². The second-order valence-electron chi connectivity index (χ2n) is 18.2. The summed E-state index contributed by atoms with van der Waals surface area (Å²) in [5.74, 6) is 0.404. The molecule has 1 aromatic heterocycles. The lowest BCUT2D eigenvalue weighted by Crippen LogP contribution is -2.31. The molecule has 2 atom stereocenters. The highest BCUT2D eigenvalue weighted by atomic mass is 16.3. The highest BCUT2D eigenvalue weighted by Crippen LogP contribution is 2.52. The Kier molecular flexibility index (Phi) is 11.2. The van der Waals surface area contributed by atoms with Gasteiger partial charge in [-0.15, -0.1) is 0 Å². The molecule has 10 aromatic rings. The maximum atomic E-state index is 6.37. The van der Waals surface area contributed by atoms with Crippen molar-refractivity contribution >= 4 is 44.7 Å². The van der Waals surface area contributed by atoms with Gasteiger partial charge >= 0.3 is 0 Å². The molecule has 3 heteroatoms. The molecule has 2 aliphatic rings. The van der Waals surface area contributed by atoms with Gasteiger partial charge < -0.3 is 14.2 Å². The van der Waals surface area contributed by atoms with Gasteiger partial charge in [0.05, 0.1) is 0 Å². The van der Waals surface area contributed by atoms with Gasteiger partial charge in [0.15, 0.2) is 0 Å². The Balaban J connectivity index is 0.862. The molecular formula is C66H52N2O. The number of hydrogen-bond donors (Lipinski definition) is 0. The van der Waals surface area contributed by atoms with E-state index in [1.165, 1.54) is 55.9 Å². The molecule has 2 heterocycles. The Morgan fingerprint density at radius 3 is 2.04 bits per heavy atom. The maximum absolute atomic E-state index is 6.37. The van der Waals surface area contributed by atoms with E-state index in [0.717, 1.165) is 69.4 Å². The molecule has 0 amide bonds. The molecule has 0 fully saturated rings. The monoisotopic (exact) mass is 888 g/mol. The predicted molar refractivity (Wildman–Crippen MR) is 291 cm³/mol. The van der Waals surface area contributed by atoms with E-state index in [1.807, 2.05) is 12.1 Å². The van der Waals surface area contributed by atoms with Gasteiger partial charge in [-0.25, -0.2) is 0 Å². The van der Waals surface area contributed by atoms with Crippen LogP contribution in [0.5, 0.6) is 0 Å². The number of para-hydroxylation sites is 4. The molecule has 1 aliphatic heterocycles. The highest BCUT2D eigenvalue weighted by molar-refractivity contribution is 6.09. The number of anilines is 4. The normalized spacial score (nSPS) is 15.5. The Labute approximate surface area is 405 Å². The lowest BCUT2D eigenvalue weighted by molar-refractivity contribution is 0.565. The number of furan rings is 1. The lowest BCUT2D eigenvalue weighted by atomic mass is 9.87. The first-order valence-corrected chi connectivity index (χ1v) is 24.3. The Hall–Kier alpha value is -8.40. The molecule has 12 rings (SSSR count). The van der Waals surface area contributed by atoms with Crippen molar-refractivity contribution in [2.45, 2.75) is 38.1 Å². The van der Waals surface area contributed by atoms with E-state index in [2.05, 4.69) is 253 Å². The molecule has 3 nitrogen and oxygen atoms in total. The summed E-state index contributed by atoms with van der Waals surface area (Å²) >= 11 is 0. The van der Waals surface area contributed by atoms with Crippen molar-refractivity contribution < 1.29 is 4.42 Å². The Morgan fingerprint density at radius 2 is 1.20 bits per heavy atom. The summed E-state index contributed by atoms with van der Waals surface area (Å²) in [6.45, 7) is 2.13. The molecule has 0 N–H and O–H groups in total. The van der Waals surface area contributed by atoms with E-state index in [4.69, 9.17) is 4.42 Å². The molecule has 9 aromatic carbocycles. The third kappa shape index (κ3) is 7.86.